The molecule has 0 aliphatic heterocycles. The van der Waals surface area contributed by atoms with Crippen LogP contribution in [0.25, 0.3) is 9.75 Å². The van der Waals surface area contributed by atoms with E-state index in [0.717, 1.165) is 29.4 Å². The molecule has 0 radical (unpaired) electrons. The Balaban J connectivity index is 1.59. The van der Waals surface area contributed by atoms with Gasteiger partial charge in [0.2, 0.25) is 0 Å². The molecule has 114 valence electrons. The van der Waals surface area contributed by atoms with E-state index in [1.165, 1.54) is 14.6 Å². The summed E-state index contributed by atoms with van der Waals surface area (Å²) in [6, 6.07) is 12.4. The first-order valence-electron chi connectivity index (χ1n) is 7.10. The highest BCUT2D eigenvalue weighted by Gasteiger charge is 2.07. The number of benzene rings is 1. The Morgan fingerprint density at radius 2 is 1.91 bits per heavy atom. The van der Waals surface area contributed by atoms with Crippen LogP contribution >= 0.6 is 22.7 Å². The van der Waals surface area contributed by atoms with Gasteiger partial charge in [0.15, 0.2) is 0 Å². The maximum absolute atomic E-state index is 5.36. The summed E-state index contributed by atoms with van der Waals surface area (Å²) in [5.41, 5.74) is 1.16. The molecule has 3 nitrogen and oxygen atoms in total. The highest BCUT2D eigenvalue weighted by molar-refractivity contribution is 7.21. The predicted molar refractivity (Wildman–Crippen MR) is 93.7 cm³/mol. The van der Waals surface area contributed by atoms with E-state index in [1.807, 2.05) is 35.7 Å². The van der Waals surface area contributed by atoms with Gasteiger partial charge in [0.25, 0.3) is 0 Å². The molecule has 1 N–H and O–H groups in total. The van der Waals surface area contributed by atoms with Crippen molar-refractivity contribution in [3.8, 4) is 15.5 Å². The summed E-state index contributed by atoms with van der Waals surface area (Å²) in [5, 5.41) is 4.54. The SMILES string of the molecule is COc1ccccc1CNCc1ncc(-c2ccc(C)s2)s1. The minimum absolute atomic E-state index is 0.771. The van der Waals surface area contributed by atoms with E-state index < -0.39 is 0 Å². The molecule has 3 rings (SSSR count). The summed E-state index contributed by atoms with van der Waals surface area (Å²) in [5.74, 6) is 0.920. The molecule has 0 saturated heterocycles. The molecule has 0 unspecified atom stereocenters. The van der Waals surface area contributed by atoms with Crippen LogP contribution in [-0.2, 0) is 13.1 Å². The second-order valence-corrected chi connectivity index (χ2v) is 7.35. The molecule has 0 fully saturated rings. The van der Waals surface area contributed by atoms with Crippen molar-refractivity contribution >= 4 is 22.7 Å². The lowest BCUT2D eigenvalue weighted by Crippen LogP contribution is -2.13. The number of thiophene rings is 1. The van der Waals surface area contributed by atoms with Crippen LogP contribution in [0.1, 0.15) is 15.4 Å². The number of nitrogens with zero attached hydrogens (tertiary/aromatic N) is 1. The number of aromatic nitrogens is 1. The van der Waals surface area contributed by atoms with Crippen molar-refractivity contribution in [1.82, 2.24) is 10.3 Å². The van der Waals surface area contributed by atoms with Gasteiger partial charge in [-0.2, -0.15) is 0 Å². The standard InChI is InChI=1S/C17H18N2OS2/c1-12-7-8-15(21-12)16-10-19-17(22-16)11-18-9-13-5-3-4-6-14(13)20-2/h3-8,10,18H,9,11H2,1-2H3. The lowest BCUT2D eigenvalue weighted by molar-refractivity contribution is 0.407. The molecule has 0 saturated carbocycles. The van der Waals surface area contributed by atoms with Crippen LogP contribution in [0.2, 0.25) is 0 Å². The van der Waals surface area contributed by atoms with Crippen molar-refractivity contribution in [3.05, 3.63) is 58.0 Å². The topological polar surface area (TPSA) is 34.1 Å². The highest BCUT2D eigenvalue weighted by Crippen LogP contribution is 2.31. The fraction of sp³-hybridized carbons (Fsp3) is 0.235. The van der Waals surface area contributed by atoms with Crippen molar-refractivity contribution in [2.75, 3.05) is 7.11 Å². The van der Waals surface area contributed by atoms with Gasteiger partial charge in [-0.1, -0.05) is 18.2 Å². The van der Waals surface area contributed by atoms with Gasteiger partial charge in [0.05, 0.1) is 12.0 Å². The predicted octanol–water partition coefficient (Wildman–Crippen LogP) is 4.48. The van der Waals surface area contributed by atoms with Crippen LogP contribution in [0, 0.1) is 6.92 Å². The van der Waals surface area contributed by atoms with Crippen molar-refractivity contribution in [2.45, 2.75) is 20.0 Å². The Bertz CT molecular complexity index is 748. The quantitative estimate of drug-likeness (QED) is 0.723. The zero-order valence-electron chi connectivity index (χ0n) is 12.6. The maximum atomic E-state index is 5.36. The Labute approximate surface area is 138 Å². The molecular weight excluding hydrogens is 312 g/mol. The largest absolute Gasteiger partial charge is 0.496 e. The number of hydrogen-bond acceptors (Lipinski definition) is 5. The van der Waals surface area contributed by atoms with Gasteiger partial charge in [-0.25, -0.2) is 4.98 Å². The summed E-state index contributed by atoms with van der Waals surface area (Å²) in [6.07, 6.45) is 1.97. The Morgan fingerprint density at radius 1 is 1.05 bits per heavy atom. The van der Waals surface area contributed by atoms with Gasteiger partial charge in [0.1, 0.15) is 10.8 Å². The Hall–Kier alpha value is -1.69. The van der Waals surface area contributed by atoms with Crippen molar-refractivity contribution in [2.24, 2.45) is 0 Å². The summed E-state index contributed by atoms with van der Waals surface area (Å²) in [7, 11) is 1.70. The van der Waals surface area contributed by atoms with Gasteiger partial charge in [-0.15, -0.1) is 22.7 Å². The monoisotopic (exact) mass is 330 g/mol. The first-order valence-corrected chi connectivity index (χ1v) is 8.73. The zero-order valence-corrected chi connectivity index (χ0v) is 14.3. The third kappa shape index (κ3) is 3.55. The number of methoxy groups -OCH3 is 1. The fourth-order valence-electron chi connectivity index (χ4n) is 2.23. The molecule has 0 bridgehead atoms. The van der Waals surface area contributed by atoms with E-state index in [0.29, 0.717) is 0 Å². The fourth-order valence-corrected chi connectivity index (χ4v) is 4.06. The molecule has 0 aliphatic carbocycles. The van der Waals surface area contributed by atoms with Crippen LogP contribution in [0.4, 0.5) is 0 Å². The molecular formula is C17H18N2OS2. The summed E-state index contributed by atoms with van der Waals surface area (Å²) in [4.78, 5) is 8.38. The normalized spacial score (nSPS) is 10.8. The smallest absolute Gasteiger partial charge is 0.123 e. The van der Waals surface area contributed by atoms with Gasteiger partial charge in [-0.3, -0.25) is 0 Å². The lowest BCUT2D eigenvalue weighted by atomic mass is 10.2. The zero-order chi connectivity index (χ0) is 15.4. The van der Waals surface area contributed by atoms with Crippen LogP contribution < -0.4 is 10.1 Å². The van der Waals surface area contributed by atoms with Crippen LogP contribution in [0.3, 0.4) is 0 Å². The molecule has 5 heteroatoms. The average Bonchev–Trinajstić information content (AvgIpc) is 3.17. The molecule has 0 amide bonds. The second-order valence-electron chi connectivity index (χ2n) is 4.94. The number of para-hydroxylation sites is 1. The third-order valence-corrected chi connectivity index (χ3v) is 5.51. The van der Waals surface area contributed by atoms with E-state index >= 15 is 0 Å². The number of nitrogens with one attached hydrogen (secondary N) is 1. The Morgan fingerprint density at radius 3 is 2.68 bits per heavy atom. The summed E-state index contributed by atoms with van der Waals surface area (Å²) >= 11 is 3.56. The maximum Gasteiger partial charge on any atom is 0.123 e. The van der Waals surface area contributed by atoms with Crippen LogP contribution in [0.5, 0.6) is 5.75 Å². The number of thiazole rings is 1. The summed E-state index contributed by atoms with van der Waals surface area (Å²) in [6.45, 7) is 3.68. The molecule has 2 aromatic heterocycles. The van der Waals surface area contributed by atoms with E-state index in [9.17, 15) is 0 Å². The molecule has 22 heavy (non-hydrogen) atoms. The van der Waals surface area contributed by atoms with Crippen LogP contribution in [-0.4, -0.2) is 12.1 Å². The lowest BCUT2D eigenvalue weighted by Gasteiger charge is -2.08. The van der Waals surface area contributed by atoms with Gasteiger partial charge < -0.3 is 10.1 Å². The molecule has 1 aromatic carbocycles. The molecule has 0 aliphatic rings. The molecule has 0 atom stereocenters. The Kier molecular flexibility index (Phi) is 4.87. The minimum Gasteiger partial charge on any atom is -0.496 e. The third-order valence-electron chi connectivity index (χ3n) is 3.32. The second kappa shape index (κ2) is 7.05. The van der Waals surface area contributed by atoms with Gasteiger partial charge in [0, 0.05) is 34.6 Å². The van der Waals surface area contributed by atoms with Crippen molar-refractivity contribution < 1.29 is 4.74 Å². The van der Waals surface area contributed by atoms with E-state index in [4.69, 9.17) is 4.74 Å². The first kappa shape index (κ1) is 15.2. The van der Waals surface area contributed by atoms with Gasteiger partial charge >= 0.3 is 0 Å². The van der Waals surface area contributed by atoms with Gasteiger partial charge in [-0.05, 0) is 25.1 Å². The number of ether oxygens (including phenoxy) is 1. The number of rotatable bonds is 6. The minimum atomic E-state index is 0.771. The summed E-state index contributed by atoms with van der Waals surface area (Å²) < 4.78 is 5.36. The van der Waals surface area contributed by atoms with E-state index in [2.05, 4.69) is 35.4 Å². The van der Waals surface area contributed by atoms with E-state index in [1.54, 1.807) is 18.4 Å². The number of hydrogen-bond donors (Lipinski definition) is 1. The average molecular weight is 330 g/mol. The first-order chi connectivity index (χ1) is 10.8. The van der Waals surface area contributed by atoms with Crippen molar-refractivity contribution in [3.63, 3.8) is 0 Å². The molecule has 3 aromatic rings. The highest BCUT2D eigenvalue weighted by atomic mass is 32.1. The number of aryl methyl sites for hydroxylation is 1. The van der Waals surface area contributed by atoms with Crippen LogP contribution in [0.15, 0.2) is 42.6 Å². The van der Waals surface area contributed by atoms with Crippen molar-refractivity contribution in [1.29, 1.82) is 0 Å². The molecule has 0 spiro atoms. The van der Waals surface area contributed by atoms with E-state index in [-0.39, 0.29) is 0 Å². The molecule has 2 heterocycles.